The first kappa shape index (κ1) is 20.1. The molecule has 3 N–H and O–H groups in total. The minimum Gasteiger partial charge on any atom is -0.461 e. The highest BCUT2D eigenvalue weighted by Crippen LogP contribution is 2.35. The molecule has 3 heterocycles. The maximum Gasteiger partial charge on any atom is 0.330 e. The van der Waals surface area contributed by atoms with Gasteiger partial charge in [-0.3, -0.25) is 23.7 Å². The van der Waals surface area contributed by atoms with Crippen molar-refractivity contribution in [3.63, 3.8) is 0 Å². The highest BCUT2D eigenvalue weighted by atomic mass is 32.2. The third-order valence-corrected chi connectivity index (χ3v) is 6.02. The summed E-state index contributed by atoms with van der Waals surface area (Å²) in [6, 6.07) is 12.9. The molecule has 32 heavy (non-hydrogen) atoms. The van der Waals surface area contributed by atoms with Crippen LogP contribution in [0.2, 0.25) is 0 Å². The van der Waals surface area contributed by atoms with Crippen molar-refractivity contribution in [3.05, 3.63) is 75.1 Å². The van der Waals surface area contributed by atoms with Crippen LogP contribution in [0.25, 0.3) is 17.3 Å². The summed E-state index contributed by atoms with van der Waals surface area (Å²) in [5.41, 5.74) is 5.26. The number of furan rings is 1. The van der Waals surface area contributed by atoms with Gasteiger partial charge in [-0.1, -0.05) is 30.0 Å². The molecule has 1 aliphatic carbocycles. The van der Waals surface area contributed by atoms with E-state index in [1.54, 1.807) is 23.0 Å². The maximum atomic E-state index is 12.9. The van der Waals surface area contributed by atoms with Gasteiger partial charge in [0.25, 0.3) is 5.56 Å². The molecule has 11 heteroatoms. The normalized spacial score (nSPS) is 13.4. The van der Waals surface area contributed by atoms with Gasteiger partial charge in [0.2, 0.25) is 5.82 Å². The molecule has 0 aliphatic heterocycles. The number of rotatable bonds is 7. The first-order valence-corrected chi connectivity index (χ1v) is 10.9. The predicted octanol–water partition coefficient (Wildman–Crippen LogP) is 2.27. The Bertz CT molecular complexity index is 1400. The Morgan fingerprint density at radius 3 is 2.62 bits per heavy atom. The van der Waals surface area contributed by atoms with Gasteiger partial charge in [-0.25, -0.2) is 4.79 Å². The minimum absolute atomic E-state index is 0.0735. The summed E-state index contributed by atoms with van der Waals surface area (Å²) in [5.74, 6) is 0.310. The van der Waals surface area contributed by atoms with Crippen molar-refractivity contribution in [1.29, 1.82) is 0 Å². The molecule has 162 valence electrons. The smallest absolute Gasteiger partial charge is 0.330 e. The van der Waals surface area contributed by atoms with Crippen molar-refractivity contribution in [2.24, 2.45) is 0 Å². The van der Waals surface area contributed by atoms with Crippen LogP contribution in [0, 0.1) is 0 Å². The van der Waals surface area contributed by atoms with Gasteiger partial charge in [0.05, 0.1) is 12.0 Å². The molecule has 0 amide bonds. The van der Waals surface area contributed by atoms with Crippen LogP contribution in [0.4, 0.5) is 5.82 Å². The Labute approximate surface area is 185 Å². The summed E-state index contributed by atoms with van der Waals surface area (Å²) in [5, 5.41) is 8.89. The Morgan fingerprint density at radius 2 is 1.94 bits per heavy atom. The second kappa shape index (κ2) is 8.00. The van der Waals surface area contributed by atoms with E-state index < -0.39 is 17.0 Å². The number of hydrogen-bond donors (Lipinski definition) is 2. The average Bonchev–Trinajstić information content (AvgIpc) is 3.29. The number of nitrogens with zero attached hydrogens (tertiary/aromatic N) is 4. The third kappa shape index (κ3) is 3.56. The maximum absolute atomic E-state index is 12.9. The third-order valence-electron chi connectivity index (χ3n) is 5.09. The molecule has 4 aromatic rings. The molecule has 0 spiro atoms. The summed E-state index contributed by atoms with van der Waals surface area (Å²) in [6.07, 6.45) is 3.11. The molecule has 0 saturated heterocycles. The topological polar surface area (TPSA) is 142 Å². The Hall–Kier alpha value is -3.86. The number of hydrogen-bond acceptors (Lipinski definition) is 8. The molecule has 1 aromatic carbocycles. The van der Waals surface area contributed by atoms with Gasteiger partial charge in [0, 0.05) is 11.7 Å². The largest absolute Gasteiger partial charge is 0.461 e. The molecule has 0 atom stereocenters. The summed E-state index contributed by atoms with van der Waals surface area (Å²) < 4.78 is 8.55. The number of anilines is 1. The molecule has 0 bridgehead atoms. The second-order valence-corrected chi connectivity index (χ2v) is 8.23. The Balaban J connectivity index is 1.47. The van der Waals surface area contributed by atoms with E-state index in [9.17, 15) is 14.4 Å². The zero-order valence-corrected chi connectivity index (χ0v) is 17.5. The zero-order chi connectivity index (χ0) is 22.2. The van der Waals surface area contributed by atoms with E-state index in [1.807, 2.05) is 30.3 Å². The molecule has 5 rings (SSSR count). The fourth-order valence-corrected chi connectivity index (χ4v) is 4.30. The second-order valence-electron chi connectivity index (χ2n) is 7.29. The van der Waals surface area contributed by atoms with Gasteiger partial charge < -0.3 is 10.2 Å². The van der Waals surface area contributed by atoms with Crippen LogP contribution in [-0.2, 0) is 0 Å². The number of ketones is 1. The number of carbonyl (C=O) groups excluding carboxylic acids is 1. The number of nitrogens with two attached hydrogens (primary N) is 1. The number of benzene rings is 1. The van der Waals surface area contributed by atoms with E-state index in [1.165, 1.54) is 4.57 Å². The molecule has 3 aromatic heterocycles. The van der Waals surface area contributed by atoms with Crippen LogP contribution in [-0.4, -0.2) is 35.9 Å². The van der Waals surface area contributed by atoms with E-state index >= 15 is 0 Å². The van der Waals surface area contributed by atoms with E-state index in [4.69, 9.17) is 10.2 Å². The molecular weight excluding hydrogens is 432 g/mol. The number of nitrogen functional groups attached to an aromatic ring is 1. The lowest BCUT2D eigenvalue weighted by molar-refractivity contribution is 0.102. The van der Waals surface area contributed by atoms with E-state index in [-0.39, 0.29) is 23.2 Å². The number of thioether (sulfide) groups is 1. The van der Waals surface area contributed by atoms with Crippen LogP contribution in [0.5, 0.6) is 0 Å². The summed E-state index contributed by atoms with van der Waals surface area (Å²) in [6.45, 7) is 0. The van der Waals surface area contributed by atoms with Gasteiger partial charge in [-0.15, -0.1) is 10.2 Å². The summed E-state index contributed by atoms with van der Waals surface area (Å²) >= 11 is 1.12. The van der Waals surface area contributed by atoms with E-state index in [0.29, 0.717) is 16.7 Å². The molecule has 1 aliphatic rings. The Kier molecular flexibility index (Phi) is 5.02. The summed E-state index contributed by atoms with van der Waals surface area (Å²) in [7, 11) is 0. The van der Waals surface area contributed by atoms with Gasteiger partial charge in [-0.2, -0.15) is 0 Å². The molecule has 1 fully saturated rings. The quantitative estimate of drug-likeness (QED) is 0.323. The van der Waals surface area contributed by atoms with Crippen molar-refractivity contribution in [2.75, 3.05) is 11.5 Å². The number of carbonyl (C=O) groups is 1. The monoisotopic (exact) mass is 450 g/mol. The Morgan fingerprint density at radius 1 is 1.16 bits per heavy atom. The van der Waals surface area contributed by atoms with Gasteiger partial charge in [-0.05, 0) is 37.1 Å². The first-order valence-electron chi connectivity index (χ1n) is 9.89. The lowest BCUT2D eigenvalue weighted by atomic mass is 10.2. The summed E-state index contributed by atoms with van der Waals surface area (Å²) in [4.78, 5) is 39.6. The molecule has 0 unspecified atom stereocenters. The SMILES string of the molecule is Nc1c(C(=O)CSc2nnc(-c3ccco3)n2-c2ccccc2)c(=O)[nH]c(=O)n1C1CC1. The molecule has 0 radical (unpaired) electrons. The number of para-hydroxylation sites is 1. The molecular formula is C21H18N6O4S. The fraction of sp³-hybridized carbons (Fsp3) is 0.190. The number of aromatic nitrogens is 5. The zero-order valence-electron chi connectivity index (χ0n) is 16.7. The van der Waals surface area contributed by atoms with Gasteiger partial charge in [0.15, 0.2) is 16.7 Å². The van der Waals surface area contributed by atoms with Crippen LogP contribution in [0.1, 0.15) is 29.2 Å². The van der Waals surface area contributed by atoms with Crippen LogP contribution in [0.3, 0.4) is 0 Å². The van der Waals surface area contributed by atoms with Crippen molar-refractivity contribution in [3.8, 4) is 17.3 Å². The molecule has 1 saturated carbocycles. The van der Waals surface area contributed by atoms with Crippen molar-refractivity contribution in [1.82, 2.24) is 24.3 Å². The predicted molar refractivity (Wildman–Crippen MR) is 118 cm³/mol. The highest BCUT2D eigenvalue weighted by Gasteiger charge is 2.30. The number of aromatic amines is 1. The van der Waals surface area contributed by atoms with E-state index in [2.05, 4.69) is 15.2 Å². The van der Waals surface area contributed by atoms with Gasteiger partial charge in [0.1, 0.15) is 11.4 Å². The number of H-pyrrole nitrogens is 1. The van der Waals surface area contributed by atoms with Crippen molar-refractivity contribution < 1.29 is 9.21 Å². The van der Waals surface area contributed by atoms with E-state index in [0.717, 1.165) is 30.3 Å². The lowest BCUT2D eigenvalue weighted by Gasteiger charge is -2.11. The fourth-order valence-electron chi connectivity index (χ4n) is 3.47. The number of nitrogens with one attached hydrogen (secondary N) is 1. The molecule has 10 nitrogen and oxygen atoms in total. The van der Waals surface area contributed by atoms with Crippen molar-refractivity contribution >= 4 is 23.4 Å². The van der Waals surface area contributed by atoms with Crippen LogP contribution < -0.4 is 17.0 Å². The van der Waals surface area contributed by atoms with Crippen LogP contribution >= 0.6 is 11.8 Å². The number of Topliss-reactive ketones (excluding diaryl/α,β-unsaturated/α-hetero) is 1. The standard InChI is InChI=1S/C21H18N6O4S/c22-17-16(19(29)23-20(30)26(17)13-8-9-13)14(28)11-32-21-25-24-18(15-7-4-10-31-15)27(21)12-5-2-1-3-6-12/h1-7,10,13H,8-9,11,22H2,(H,23,29,30). The minimum atomic E-state index is -0.782. The van der Waals surface area contributed by atoms with Gasteiger partial charge >= 0.3 is 5.69 Å². The average molecular weight is 450 g/mol. The first-order chi connectivity index (χ1) is 15.5. The van der Waals surface area contributed by atoms with Crippen LogP contribution in [0.15, 0.2) is 67.9 Å². The lowest BCUT2D eigenvalue weighted by Crippen LogP contribution is -2.36. The highest BCUT2D eigenvalue weighted by molar-refractivity contribution is 7.99. The van der Waals surface area contributed by atoms with Crippen molar-refractivity contribution in [2.45, 2.75) is 24.0 Å².